The first kappa shape index (κ1) is 15.8. The van der Waals surface area contributed by atoms with Crippen LogP contribution in [0.2, 0.25) is 0 Å². The molecule has 1 heterocycles. The van der Waals surface area contributed by atoms with Crippen molar-refractivity contribution in [3.8, 4) is 0 Å². The Kier molecular flexibility index (Phi) is 6.10. The van der Waals surface area contributed by atoms with Gasteiger partial charge in [0.25, 0.3) is 0 Å². The summed E-state index contributed by atoms with van der Waals surface area (Å²) >= 11 is 1.13. The molecule has 19 heavy (non-hydrogen) atoms. The van der Waals surface area contributed by atoms with Crippen molar-refractivity contribution >= 4 is 17.7 Å². The first-order valence-corrected chi connectivity index (χ1v) is 6.39. The van der Waals surface area contributed by atoms with Crippen molar-refractivity contribution in [1.29, 1.82) is 0 Å². The van der Waals surface area contributed by atoms with Crippen molar-refractivity contribution in [2.24, 2.45) is 0 Å². The van der Waals surface area contributed by atoms with E-state index < -0.39 is 25.2 Å². The number of carbonyl (C=O) groups is 1. The number of halogens is 3. The minimum absolute atomic E-state index is 0.111. The Balaban J connectivity index is 2.52. The maximum atomic E-state index is 12.3. The molecular formula is C11H13F3N2O2S. The summed E-state index contributed by atoms with van der Waals surface area (Å²) in [6.45, 7) is -2.17. The van der Waals surface area contributed by atoms with Crippen LogP contribution >= 0.6 is 11.8 Å². The second-order valence-electron chi connectivity index (χ2n) is 3.63. The lowest BCUT2D eigenvalue weighted by Crippen LogP contribution is -2.41. The Hall–Kier alpha value is -1.28. The van der Waals surface area contributed by atoms with Crippen LogP contribution in [0.1, 0.15) is 0 Å². The van der Waals surface area contributed by atoms with Gasteiger partial charge in [0.05, 0.1) is 12.4 Å². The molecule has 0 fully saturated rings. The molecule has 0 saturated carbocycles. The van der Waals surface area contributed by atoms with Crippen LogP contribution in [0.4, 0.5) is 13.2 Å². The Morgan fingerprint density at radius 1 is 1.37 bits per heavy atom. The average molecular weight is 294 g/mol. The highest BCUT2D eigenvalue weighted by Gasteiger charge is 2.32. The number of alkyl halides is 3. The van der Waals surface area contributed by atoms with E-state index in [0.29, 0.717) is 4.90 Å². The number of nitrogens with zero attached hydrogens (tertiary/aromatic N) is 2. The third-order valence-electron chi connectivity index (χ3n) is 2.10. The van der Waals surface area contributed by atoms with Gasteiger partial charge in [0.15, 0.2) is 0 Å². The van der Waals surface area contributed by atoms with E-state index in [1.54, 1.807) is 12.1 Å². The van der Waals surface area contributed by atoms with Crippen LogP contribution in [0.15, 0.2) is 29.4 Å². The van der Waals surface area contributed by atoms with Crippen molar-refractivity contribution in [2.45, 2.75) is 11.1 Å². The molecular weight excluding hydrogens is 281 g/mol. The normalized spacial score (nSPS) is 11.4. The number of carbonyl (C=O) groups excluding carboxylic acids is 1. The van der Waals surface area contributed by atoms with Crippen LogP contribution in [-0.2, 0) is 4.79 Å². The fourth-order valence-corrected chi connectivity index (χ4v) is 2.09. The van der Waals surface area contributed by atoms with E-state index in [-0.39, 0.29) is 12.3 Å². The molecule has 0 aliphatic heterocycles. The lowest BCUT2D eigenvalue weighted by Gasteiger charge is -2.22. The van der Waals surface area contributed by atoms with E-state index in [1.807, 2.05) is 0 Å². The molecule has 1 aromatic rings. The molecule has 1 N–H and O–H groups in total. The van der Waals surface area contributed by atoms with E-state index >= 15 is 0 Å². The van der Waals surface area contributed by atoms with Gasteiger partial charge < -0.3 is 10.0 Å². The number of hydrogen-bond donors (Lipinski definition) is 1. The van der Waals surface area contributed by atoms with Crippen LogP contribution < -0.4 is 0 Å². The molecule has 0 radical (unpaired) electrons. The molecule has 4 nitrogen and oxygen atoms in total. The van der Waals surface area contributed by atoms with Gasteiger partial charge in [0, 0.05) is 23.8 Å². The van der Waals surface area contributed by atoms with Crippen LogP contribution in [0.5, 0.6) is 0 Å². The summed E-state index contributed by atoms with van der Waals surface area (Å²) in [5, 5.41) is 8.69. The Morgan fingerprint density at radius 2 is 2.00 bits per heavy atom. The lowest BCUT2D eigenvalue weighted by atomic mass is 10.4. The van der Waals surface area contributed by atoms with Gasteiger partial charge in [-0.2, -0.15) is 13.2 Å². The number of thioether (sulfide) groups is 1. The van der Waals surface area contributed by atoms with E-state index in [4.69, 9.17) is 5.11 Å². The molecule has 0 atom stereocenters. The number of aliphatic hydroxyl groups excluding tert-OH is 1. The van der Waals surface area contributed by atoms with Crippen molar-refractivity contribution in [3.63, 3.8) is 0 Å². The fourth-order valence-electron chi connectivity index (χ4n) is 1.30. The van der Waals surface area contributed by atoms with Crippen molar-refractivity contribution in [2.75, 3.05) is 25.4 Å². The Morgan fingerprint density at radius 3 is 2.53 bits per heavy atom. The SMILES string of the molecule is O=C(CSc1ccncc1)N(CCO)CC(F)(F)F. The van der Waals surface area contributed by atoms with E-state index in [9.17, 15) is 18.0 Å². The lowest BCUT2D eigenvalue weighted by molar-refractivity contribution is -0.160. The topological polar surface area (TPSA) is 53.4 Å². The van der Waals surface area contributed by atoms with Gasteiger partial charge >= 0.3 is 6.18 Å². The maximum absolute atomic E-state index is 12.3. The molecule has 0 unspecified atom stereocenters. The van der Waals surface area contributed by atoms with Gasteiger partial charge in [0.1, 0.15) is 6.54 Å². The summed E-state index contributed by atoms with van der Waals surface area (Å²) in [5.74, 6) is -0.770. The molecule has 1 aromatic heterocycles. The molecule has 106 valence electrons. The van der Waals surface area contributed by atoms with Crippen molar-refractivity contribution in [1.82, 2.24) is 9.88 Å². The number of aliphatic hydroxyl groups is 1. The minimum Gasteiger partial charge on any atom is -0.395 e. The Bertz CT molecular complexity index is 401. The molecule has 8 heteroatoms. The number of rotatable bonds is 6. The summed E-state index contributed by atoms with van der Waals surface area (Å²) in [5.41, 5.74) is 0. The van der Waals surface area contributed by atoms with Crippen LogP contribution in [0.3, 0.4) is 0 Å². The predicted molar refractivity (Wildman–Crippen MR) is 64.7 cm³/mol. The maximum Gasteiger partial charge on any atom is 0.406 e. The van der Waals surface area contributed by atoms with Crippen molar-refractivity contribution in [3.05, 3.63) is 24.5 Å². The smallest absolute Gasteiger partial charge is 0.395 e. The molecule has 0 aromatic carbocycles. The number of amides is 1. The van der Waals surface area contributed by atoms with Crippen LogP contribution in [0.25, 0.3) is 0 Å². The number of hydrogen-bond acceptors (Lipinski definition) is 4. The van der Waals surface area contributed by atoms with Gasteiger partial charge in [-0.15, -0.1) is 11.8 Å². The zero-order valence-electron chi connectivity index (χ0n) is 9.93. The second kappa shape index (κ2) is 7.34. The predicted octanol–water partition coefficient (Wildman–Crippen LogP) is 1.56. The summed E-state index contributed by atoms with van der Waals surface area (Å²) < 4.78 is 36.8. The van der Waals surface area contributed by atoms with Gasteiger partial charge in [-0.05, 0) is 12.1 Å². The molecule has 1 amide bonds. The minimum atomic E-state index is -4.47. The highest BCUT2D eigenvalue weighted by Crippen LogP contribution is 2.19. The van der Waals surface area contributed by atoms with Gasteiger partial charge in [-0.1, -0.05) is 0 Å². The molecule has 0 bridgehead atoms. The number of pyridine rings is 1. The third-order valence-corrected chi connectivity index (χ3v) is 3.10. The monoisotopic (exact) mass is 294 g/mol. The largest absolute Gasteiger partial charge is 0.406 e. The van der Waals surface area contributed by atoms with Crippen LogP contribution in [0, 0.1) is 0 Å². The molecule has 0 saturated heterocycles. The Labute approximate surface area is 112 Å². The van der Waals surface area contributed by atoms with Gasteiger partial charge in [-0.25, -0.2) is 0 Å². The zero-order chi connectivity index (χ0) is 14.3. The fraction of sp³-hybridized carbons (Fsp3) is 0.455. The molecule has 0 aliphatic carbocycles. The first-order chi connectivity index (χ1) is 8.92. The van der Waals surface area contributed by atoms with Gasteiger partial charge in [-0.3, -0.25) is 9.78 Å². The van der Waals surface area contributed by atoms with E-state index in [2.05, 4.69) is 4.98 Å². The summed E-state index contributed by atoms with van der Waals surface area (Å²) in [6.07, 6.45) is -1.39. The molecule has 0 aliphatic rings. The second-order valence-corrected chi connectivity index (χ2v) is 4.67. The van der Waals surface area contributed by atoms with Gasteiger partial charge in [0.2, 0.25) is 5.91 Å². The van der Waals surface area contributed by atoms with E-state index in [0.717, 1.165) is 16.7 Å². The van der Waals surface area contributed by atoms with Crippen LogP contribution in [-0.4, -0.2) is 52.5 Å². The first-order valence-electron chi connectivity index (χ1n) is 5.40. The van der Waals surface area contributed by atoms with Crippen molar-refractivity contribution < 1.29 is 23.1 Å². The highest BCUT2D eigenvalue weighted by atomic mass is 32.2. The summed E-state index contributed by atoms with van der Waals surface area (Å²) in [7, 11) is 0. The summed E-state index contributed by atoms with van der Waals surface area (Å²) in [6, 6.07) is 3.33. The number of aromatic nitrogens is 1. The molecule has 1 rings (SSSR count). The zero-order valence-corrected chi connectivity index (χ0v) is 10.7. The van der Waals surface area contributed by atoms with E-state index in [1.165, 1.54) is 12.4 Å². The quantitative estimate of drug-likeness (QED) is 0.809. The highest BCUT2D eigenvalue weighted by molar-refractivity contribution is 8.00. The standard InChI is InChI=1S/C11H13F3N2O2S/c12-11(13,14)8-16(5-6-17)10(18)7-19-9-1-3-15-4-2-9/h1-4,17H,5-8H2. The average Bonchev–Trinajstić information content (AvgIpc) is 2.35. The third kappa shape index (κ3) is 6.44. The summed E-state index contributed by atoms with van der Waals surface area (Å²) in [4.78, 5) is 16.8. The molecule has 0 spiro atoms.